The van der Waals surface area contributed by atoms with E-state index in [0.29, 0.717) is 5.96 Å². The first-order chi connectivity index (χ1) is 7.00. The maximum absolute atomic E-state index is 11.4. The van der Waals surface area contributed by atoms with E-state index in [1.807, 2.05) is 20.8 Å². The Hall–Kier alpha value is -1.19. The van der Waals surface area contributed by atoms with Gasteiger partial charge >= 0.3 is 0 Å². The van der Waals surface area contributed by atoms with Gasteiger partial charge in [0.25, 0.3) is 0 Å². The smallest absolute Gasteiger partial charge is 0.218 e. The third kappa shape index (κ3) is 3.46. The van der Waals surface area contributed by atoms with Gasteiger partial charge in [0.05, 0.1) is 6.04 Å². The second kappa shape index (κ2) is 5.05. The zero-order valence-corrected chi connectivity index (χ0v) is 9.87. The van der Waals surface area contributed by atoms with Crippen LogP contribution >= 0.6 is 0 Å². The first-order valence-corrected chi connectivity index (χ1v) is 5.36. The molecule has 1 N–H and O–H groups in total. The molecule has 1 aliphatic rings. The minimum Gasteiger partial charge on any atom is -0.344 e. The molecule has 0 fully saturated rings. The first-order valence-electron chi connectivity index (χ1n) is 5.36. The molecular formula is C11H19N3O. The Balaban J connectivity index is 2.67. The van der Waals surface area contributed by atoms with Crippen LogP contribution < -0.4 is 5.32 Å². The molecule has 0 saturated carbocycles. The summed E-state index contributed by atoms with van der Waals surface area (Å²) >= 11 is 0. The molecule has 1 rings (SSSR count). The van der Waals surface area contributed by atoms with Gasteiger partial charge in [0.15, 0.2) is 5.78 Å². The first kappa shape index (κ1) is 11.9. The van der Waals surface area contributed by atoms with E-state index >= 15 is 0 Å². The van der Waals surface area contributed by atoms with Gasteiger partial charge in [-0.15, -0.1) is 0 Å². The SMILES string of the molecule is CC(=O)C(NC1=NCCC(C)=N1)C(C)C. The third-order valence-corrected chi connectivity index (χ3v) is 2.42. The van der Waals surface area contributed by atoms with E-state index in [-0.39, 0.29) is 17.7 Å². The number of carbonyl (C=O) groups excluding carboxylic acids is 1. The number of hydrogen-bond acceptors (Lipinski definition) is 4. The van der Waals surface area contributed by atoms with E-state index in [1.54, 1.807) is 6.92 Å². The number of carbonyl (C=O) groups is 1. The normalized spacial score (nSPS) is 18.2. The lowest BCUT2D eigenvalue weighted by molar-refractivity contribution is -0.119. The van der Waals surface area contributed by atoms with E-state index in [4.69, 9.17) is 0 Å². The molecule has 0 aromatic carbocycles. The molecule has 0 amide bonds. The van der Waals surface area contributed by atoms with Gasteiger partial charge in [0.1, 0.15) is 0 Å². The molecule has 0 saturated heterocycles. The summed E-state index contributed by atoms with van der Waals surface area (Å²) in [7, 11) is 0. The molecule has 0 aromatic rings. The molecule has 1 aliphatic heterocycles. The van der Waals surface area contributed by atoms with Gasteiger partial charge in [-0.3, -0.25) is 9.79 Å². The molecule has 4 heteroatoms. The van der Waals surface area contributed by atoms with Crippen molar-refractivity contribution in [2.45, 2.75) is 40.2 Å². The van der Waals surface area contributed by atoms with Crippen LogP contribution in [0.5, 0.6) is 0 Å². The summed E-state index contributed by atoms with van der Waals surface area (Å²) in [5.41, 5.74) is 1.07. The monoisotopic (exact) mass is 209 g/mol. The maximum Gasteiger partial charge on any atom is 0.218 e. The van der Waals surface area contributed by atoms with Crippen molar-refractivity contribution in [2.24, 2.45) is 15.9 Å². The van der Waals surface area contributed by atoms with Crippen molar-refractivity contribution in [3.05, 3.63) is 0 Å². The third-order valence-electron chi connectivity index (χ3n) is 2.42. The van der Waals surface area contributed by atoms with Crippen LogP contribution in [0.1, 0.15) is 34.1 Å². The van der Waals surface area contributed by atoms with Gasteiger partial charge in [-0.2, -0.15) is 0 Å². The highest BCUT2D eigenvalue weighted by Gasteiger charge is 2.20. The topological polar surface area (TPSA) is 53.8 Å². The Morgan fingerprint density at radius 1 is 1.47 bits per heavy atom. The van der Waals surface area contributed by atoms with Crippen molar-refractivity contribution in [3.8, 4) is 0 Å². The Bertz CT molecular complexity index is 305. The summed E-state index contributed by atoms with van der Waals surface area (Å²) in [6.07, 6.45) is 0.914. The van der Waals surface area contributed by atoms with Crippen LogP contribution in [-0.4, -0.2) is 30.0 Å². The van der Waals surface area contributed by atoms with Gasteiger partial charge in [-0.1, -0.05) is 13.8 Å². The summed E-state index contributed by atoms with van der Waals surface area (Å²) in [6, 6.07) is -0.182. The highest BCUT2D eigenvalue weighted by atomic mass is 16.1. The second-order valence-electron chi connectivity index (χ2n) is 4.28. The summed E-state index contributed by atoms with van der Waals surface area (Å²) in [4.78, 5) is 19.9. The Kier molecular flexibility index (Phi) is 4.00. The number of guanidine groups is 1. The zero-order valence-electron chi connectivity index (χ0n) is 9.87. The minimum absolute atomic E-state index is 0.131. The van der Waals surface area contributed by atoms with Crippen molar-refractivity contribution < 1.29 is 4.79 Å². The number of aliphatic imine (C=N–C) groups is 2. The van der Waals surface area contributed by atoms with Crippen molar-refractivity contribution in [3.63, 3.8) is 0 Å². The van der Waals surface area contributed by atoms with Crippen molar-refractivity contribution in [1.29, 1.82) is 0 Å². The fourth-order valence-electron chi connectivity index (χ4n) is 1.55. The molecular weight excluding hydrogens is 190 g/mol. The fraction of sp³-hybridized carbons (Fsp3) is 0.727. The fourth-order valence-corrected chi connectivity index (χ4v) is 1.55. The van der Waals surface area contributed by atoms with Crippen molar-refractivity contribution >= 4 is 17.5 Å². The largest absolute Gasteiger partial charge is 0.344 e. The van der Waals surface area contributed by atoms with Gasteiger partial charge < -0.3 is 5.32 Å². The van der Waals surface area contributed by atoms with Gasteiger partial charge in [-0.05, 0) is 19.8 Å². The van der Waals surface area contributed by atoms with Crippen LogP contribution in [0.4, 0.5) is 0 Å². The molecule has 1 unspecified atom stereocenters. The molecule has 4 nitrogen and oxygen atoms in total. The lowest BCUT2D eigenvalue weighted by Gasteiger charge is -2.21. The molecule has 84 valence electrons. The average Bonchev–Trinajstić information content (AvgIpc) is 2.13. The Morgan fingerprint density at radius 2 is 2.13 bits per heavy atom. The molecule has 0 aliphatic carbocycles. The lowest BCUT2D eigenvalue weighted by Crippen LogP contribution is -2.43. The number of nitrogens with zero attached hydrogens (tertiary/aromatic N) is 2. The summed E-state index contributed by atoms with van der Waals surface area (Å²) in [5.74, 6) is 0.987. The highest BCUT2D eigenvalue weighted by Crippen LogP contribution is 2.05. The zero-order chi connectivity index (χ0) is 11.4. The molecule has 0 radical (unpaired) electrons. The van der Waals surface area contributed by atoms with E-state index in [0.717, 1.165) is 18.7 Å². The van der Waals surface area contributed by atoms with E-state index in [2.05, 4.69) is 15.3 Å². The lowest BCUT2D eigenvalue weighted by atomic mass is 10.0. The second-order valence-corrected chi connectivity index (χ2v) is 4.28. The standard InChI is InChI=1S/C11H19N3O/c1-7(2)10(9(4)15)14-11-12-6-5-8(3)13-11/h7,10H,5-6H2,1-4H3,(H,12,14). The molecule has 0 bridgehead atoms. The number of ketones is 1. The van der Waals surface area contributed by atoms with Crippen molar-refractivity contribution in [2.75, 3.05) is 6.54 Å². The quantitative estimate of drug-likeness (QED) is 0.764. The highest BCUT2D eigenvalue weighted by molar-refractivity contribution is 5.99. The molecule has 0 spiro atoms. The van der Waals surface area contributed by atoms with Gasteiger partial charge in [-0.25, -0.2) is 4.99 Å². The molecule has 1 atom stereocenters. The van der Waals surface area contributed by atoms with Crippen molar-refractivity contribution in [1.82, 2.24) is 5.32 Å². The van der Waals surface area contributed by atoms with Gasteiger partial charge in [0, 0.05) is 18.7 Å². The molecule has 0 aromatic heterocycles. The molecule has 1 heterocycles. The van der Waals surface area contributed by atoms with Crippen LogP contribution in [0, 0.1) is 5.92 Å². The number of rotatable bonds is 3. The summed E-state index contributed by atoms with van der Waals surface area (Å²) in [5, 5.41) is 3.10. The Morgan fingerprint density at radius 3 is 2.60 bits per heavy atom. The van der Waals surface area contributed by atoms with Crippen LogP contribution in [0.15, 0.2) is 9.98 Å². The van der Waals surface area contributed by atoms with Crippen LogP contribution in [0.3, 0.4) is 0 Å². The summed E-state index contributed by atoms with van der Waals surface area (Å²) in [6.45, 7) is 8.37. The van der Waals surface area contributed by atoms with E-state index in [1.165, 1.54) is 0 Å². The average molecular weight is 209 g/mol. The minimum atomic E-state index is -0.182. The number of Topliss-reactive ketones (excluding diaryl/α,β-unsaturated/α-hetero) is 1. The maximum atomic E-state index is 11.4. The van der Waals surface area contributed by atoms with Crippen LogP contribution in [0.2, 0.25) is 0 Å². The summed E-state index contributed by atoms with van der Waals surface area (Å²) < 4.78 is 0. The predicted molar refractivity (Wildman–Crippen MR) is 62.5 cm³/mol. The predicted octanol–water partition coefficient (Wildman–Crippen LogP) is 1.41. The molecule has 15 heavy (non-hydrogen) atoms. The van der Waals surface area contributed by atoms with Crippen LogP contribution in [0.25, 0.3) is 0 Å². The number of nitrogens with one attached hydrogen (secondary N) is 1. The van der Waals surface area contributed by atoms with Crippen LogP contribution in [-0.2, 0) is 4.79 Å². The van der Waals surface area contributed by atoms with E-state index in [9.17, 15) is 4.79 Å². The Labute approximate surface area is 90.9 Å². The van der Waals surface area contributed by atoms with E-state index < -0.39 is 0 Å². The number of hydrogen-bond donors (Lipinski definition) is 1. The van der Waals surface area contributed by atoms with Gasteiger partial charge in [0.2, 0.25) is 5.96 Å².